The number of rotatable bonds is 7. The maximum atomic E-state index is 12.6. The van der Waals surface area contributed by atoms with Crippen molar-refractivity contribution >= 4 is 11.9 Å². The van der Waals surface area contributed by atoms with Gasteiger partial charge >= 0.3 is 36.1 Å². The molecule has 0 spiro atoms. The van der Waals surface area contributed by atoms with Crippen molar-refractivity contribution in [3.05, 3.63) is 0 Å². The normalized spacial score (nSPS) is 14.8. The molecule has 0 bridgehead atoms. The van der Waals surface area contributed by atoms with E-state index in [1.165, 1.54) is 0 Å². The van der Waals surface area contributed by atoms with Gasteiger partial charge in [0, 0.05) is 6.42 Å². The first-order valence-electron chi connectivity index (χ1n) is 5.86. The quantitative estimate of drug-likeness (QED) is 0.526. The van der Waals surface area contributed by atoms with Crippen LogP contribution in [0.1, 0.15) is 6.42 Å². The molecule has 0 heterocycles. The van der Waals surface area contributed by atoms with Gasteiger partial charge in [0.25, 0.3) is 0 Å². The fourth-order valence-corrected chi connectivity index (χ4v) is 1.02. The molecule has 148 valence electrons. The van der Waals surface area contributed by atoms with Crippen LogP contribution in [0.3, 0.4) is 0 Å². The highest BCUT2D eigenvalue weighted by Crippen LogP contribution is 2.37. The summed E-state index contributed by atoms with van der Waals surface area (Å²) in [6.45, 7) is -2.81. The van der Waals surface area contributed by atoms with E-state index in [0.29, 0.717) is 0 Å². The van der Waals surface area contributed by atoms with Crippen LogP contribution in [0.2, 0.25) is 0 Å². The fourth-order valence-electron chi connectivity index (χ4n) is 1.02. The largest absolute Gasteiger partial charge is 0.465 e. The van der Waals surface area contributed by atoms with E-state index in [1.807, 2.05) is 0 Å². The lowest BCUT2D eigenvalue weighted by Gasteiger charge is -2.22. The molecule has 25 heavy (non-hydrogen) atoms. The summed E-state index contributed by atoms with van der Waals surface area (Å²) in [4.78, 5) is 21.3. The zero-order valence-electron chi connectivity index (χ0n) is 11.6. The molecule has 0 fully saturated rings. The van der Waals surface area contributed by atoms with E-state index in [2.05, 4.69) is 9.47 Å². The van der Waals surface area contributed by atoms with Gasteiger partial charge in [0.15, 0.2) is 0 Å². The Kier molecular flexibility index (Phi) is 7.07. The van der Waals surface area contributed by atoms with Crippen LogP contribution in [0, 0.1) is 0 Å². The Morgan fingerprint density at radius 2 is 1.20 bits per heavy atom. The van der Waals surface area contributed by atoms with Crippen molar-refractivity contribution in [2.75, 3.05) is 13.2 Å². The topological polar surface area (TPSA) is 72.8 Å². The summed E-state index contributed by atoms with van der Waals surface area (Å²) in [6.07, 6.45) is -15.9. The van der Waals surface area contributed by atoms with Crippen LogP contribution < -0.4 is 0 Å². The van der Waals surface area contributed by atoms with Crippen LogP contribution in [0.4, 0.5) is 43.9 Å². The lowest BCUT2D eigenvalue weighted by molar-refractivity contribution is -0.283. The number of aliphatic hydroxyl groups excluding tert-OH is 1. The number of hydrogen-bond acceptors (Lipinski definition) is 5. The van der Waals surface area contributed by atoms with Gasteiger partial charge in [0.2, 0.25) is 0 Å². The maximum Gasteiger partial charge on any atom is 0.465 e. The number of halogens is 10. The lowest BCUT2D eigenvalue weighted by atomic mass is 10.2. The average Bonchev–Trinajstić information content (AvgIpc) is 2.43. The molecular weight excluding hydrogens is 390 g/mol. The number of ether oxygens (including phenoxy) is 2. The molecule has 0 aromatic heterocycles. The molecule has 0 radical (unpaired) electrons. The van der Waals surface area contributed by atoms with E-state index < -0.39 is 61.9 Å². The third-order valence-corrected chi connectivity index (χ3v) is 2.38. The highest BCUT2D eigenvalue weighted by atomic mass is 19.4. The minimum Gasteiger partial charge on any atom is -0.461 e. The lowest BCUT2D eigenvalue weighted by Crippen LogP contribution is -2.47. The third kappa shape index (κ3) is 5.61. The summed E-state index contributed by atoms with van der Waals surface area (Å²) in [6, 6.07) is 0. The molecule has 1 atom stereocenters. The second-order valence-corrected chi connectivity index (χ2v) is 4.28. The third-order valence-electron chi connectivity index (χ3n) is 2.38. The van der Waals surface area contributed by atoms with Crippen LogP contribution in [-0.4, -0.2) is 60.6 Å². The smallest absolute Gasteiger partial charge is 0.461 e. The standard InChI is InChI=1S/C10H8F10O5/c11-7(12,9(15,16)17)5(22)24-2-1-4(3-21)25-6(23)8(13,14)10(18,19)20/h4,21H,1-3H2. The molecule has 0 saturated heterocycles. The zero-order valence-corrected chi connectivity index (χ0v) is 11.6. The molecule has 0 aliphatic rings. The van der Waals surface area contributed by atoms with E-state index in [9.17, 15) is 53.5 Å². The van der Waals surface area contributed by atoms with Crippen LogP contribution in [0.25, 0.3) is 0 Å². The first-order valence-corrected chi connectivity index (χ1v) is 5.86. The van der Waals surface area contributed by atoms with E-state index in [1.54, 1.807) is 0 Å². The van der Waals surface area contributed by atoms with Crippen LogP contribution in [0.15, 0.2) is 0 Å². The predicted molar refractivity (Wildman–Crippen MR) is 54.5 cm³/mol. The van der Waals surface area contributed by atoms with Crippen molar-refractivity contribution in [2.45, 2.75) is 36.7 Å². The Morgan fingerprint density at radius 1 is 0.800 bits per heavy atom. The van der Waals surface area contributed by atoms with E-state index >= 15 is 0 Å². The number of carbonyl (C=O) groups excluding carboxylic acids is 2. The van der Waals surface area contributed by atoms with E-state index in [-0.39, 0.29) is 0 Å². The first kappa shape index (κ1) is 23.2. The highest BCUT2D eigenvalue weighted by molar-refractivity contribution is 5.79. The summed E-state index contributed by atoms with van der Waals surface area (Å²) in [5.41, 5.74) is 0. The van der Waals surface area contributed by atoms with Gasteiger partial charge in [-0.2, -0.15) is 43.9 Å². The van der Waals surface area contributed by atoms with Crippen molar-refractivity contribution in [1.29, 1.82) is 0 Å². The van der Waals surface area contributed by atoms with Crippen LogP contribution in [-0.2, 0) is 19.1 Å². The first-order chi connectivity index (χ1) is 11.0. The molecule has 0 rings (SSSR count). The molecular formula is C10H8F10O5. The average molecular weight is 398 g/mol. The Labute approximate surface area is 131 Å². The SMILES string of the molecule is O=C(OCCC(CO)OC(=O)C(F)(F)C(F)(F)F)C(F)(F)C(F)(F)F. The molecule has 15 heteroatoms. The Hall–Kier alpha value is -1.80. The van der Waals surface area contributed by atoms with Crippen molar-refractivity contribution < 1.29 is 68.1 Å². The summed E-state index contributed by atoms with van der Waals surface area (Å²) < 4.78 is 128. The molecule has 0 aliphatic carbocycles. The van der Waals surface area contributed by atoms with Crippen molar-refractivity contribution in [3.8, 4) is 0 Å². The minimum absolute atomic E-state index is 1.13. The monoisotopic (exact) mass is 398 g/mol. The van der Waals surface area contributed by atoms with Crippen LogP contribution in [0.5, 0.6) is 0 Å². The van der Waals surface area contributed by atoms with E-state index in [4.69, 9.17) is 5.11 Å². The second-order valence-electron chi connectivity index (χ2n) is 4.28. The molecule has 1 N–H and O–H groups in total. The number of alkyl halides is 10. The number of carbonyl (C=O) groups is 2. The van der Waals surface area contributed by atoms with E-state index in [0.717, 1.165) is 0 Å². The van der Waals surface area contributed by atoms with Crippen molar-refractivity contribution in [2.24, 2.45) is 0 Å². The van der Waals surface area contributed by atoms with Gasteiger partial charge in [-0.3, -0.25) is 0 Å². The van der Waals surface area contributed by atoms with Gasteiger partial charge in [-0.25, -0.2) is 9.59 Å². The molecule has 0 aromatic carbocycles. The molecule has 0 amide bonds. The summed E-state index contributed by atoms with van der Waals surface area (Å²) >= 11 is 0. The zero-order chi connectivity index (χ0) is 20.3. The van der Waals surface area contributed by atoms with Gasteiger partial charge < -0.3 is 14.6 Å². The van der Waals surface area contributed by atoms with Gasteiger partial charge in [-0.15, -0.1) is 0 Å². The number of aliphatic hydroxyl groups is 1. The molecule has 0 aliphatic heterocycles. The van der Waals surface area contributed by atoms with Crippen LogP contribution >= 0.6 is 0 Å². The Balaban J connectivity index is 4.69. The Bertz CT molecular complexity index is 483. The number of hydrogen-bond donors (Lipinski definition) is 1. The predicted octanol–water partition coefficient (Wildman–Crippen LogP) is 2.22. The highest BCUT2D eigenvalue weighted by Gasteiger charge is 2.66. The molecule has 1 unspecified atom stereocenters. The summed E-state index contributed by atoms with van der Waals surface area (Å²) in [5, 5.41) is 8.63. The van der Waals surface area contributed by atoms with Gasteiger partial charge in [-0.1, -0.05) is 0 Å². The van der Waals surface area contributed by atoms with Crippen molar-refractivity contribution in [1.82, 2.24) is 0 Å². The maximum absolute atomic E-state index is 12.6. The minimum atomic E-state index is -6.33. The molecule has 0 saturated carbocycles. The van der Waals surface area contributed by atoms with Gasteiger partial charge in [0.1, 0.15) is 6.10 Å². The molecule has 0 aromatic rings. The molecule has 5 nitrogen and oxygen atoms in total. The number of esters is 2. The summed E-state index contributed by atoms with van der Waals surface area (Å²) in [5.74, 6) is -18.1. The van der Waals surface area contributed by atoms with Gasteiger partial charge in [-0.05, 0) is 0 Å². The second kappa shape index (κ2) is 7.61. The summed E-state index contributed by atoms with van der Waals surface area (Å²) in [7, 11) is 0. The van der Waals surface area contributed by atoms with Gasteiger partial charge in [0.05, 0.1) is 13.2 Å². The Morgan fingerprint density at radius 3 is 1.56 bits per heavy atom. The van der Waals surface area contributed by atoms with Crippen molar-refractivity contribution in [3.63, 3.8) is 0 Å². The fraction of sp³-hybridized carbons (Fsp3) is 0.800.